The molecular formula is C6H2BrF2O3S-. The summed E-state index contributed by atoms with van der Waals surface area (Å²) in [6.07, 6.45) is 0. The van der Waals surface area contributed by atoms with Gasteiger partial charge >= 0.3 is 0 Å². The van der Waals surface area contributed by atoms with Gasteiger partial charge in [0.15, 0.2) is 0 Å². The highest BCUT2D eigenvalue weighted by molar-refractivity contribution is 9.10. The molecular weight excluding hydrogens is 270 g/mol. The Morgan fingerprint density at radius 2 is 2.00 bits per heavy atom. The zero-order chi connectivity index (χ0) is 9.84. The maximum absolute atomic E-state index is 12.9. The predicted molar refractivity (Wildman–Crippen MR) is 42.1 cm³/mol. The summed E-state index contributed by atoms with van der Waals surface area (Å²) in [7, 11) is 0. The van der Waals surface area contributed by atoms with Gasteiger partial charge in [-0.2, -0.15) is 4.33 Å². The van der Waals surface area contributed by atoms with Crippen molar-refractivity contribution in [2.75, 3.05) is 0 Å². The summed E-state index contributed by atoms with van der Waals surface area (Å²) in [4.78, 5) is -0.170. The molecule has 0 aromatic heterocycles. The first kappa shape index (κ1) is 10.9. The van der Waals surface area contributed by atoms with E-state index in [0.29, 0.717) is 12.0 Å². The fourth-order valence-corrected chi connectivity index (χ4v) is 1.33. The fraction of sp³-hybridized carbons (Fsp3) is 0. The monoisotopic (exact) mass is 271 g/mol. The largest absolute Gasteiger partial charge is 0.691 e. The van der Waals surface area contributed by atoms with E-state index in [0.717, 1.165) is 12.1 Å². The molecule has 0 fully saturated rings. The number of hydrogen-bond donors (Lipinski definition) is 0. The minimum atomic E-state index is -0.713. The van der Waals surface area contributed by atoms with E-state index in [1.54, 1.807) is 0 Å². The molecule has 0 saturated carbocycles. The SMILES string of the molecule is [O-]OOSc1cc(F)c(Br)cc1F. The predicted octanol–water partition coefficient (Wildman–Crippen LogP) is 1.96. The van der Waals surface area contributed by atoms with Crippen molar-refractivity contribution in [2.45, 2.75) is 4.90 Å². The van der Waals surface area contributed by atoms with Crippen LogP contribution in [0.15, 0.2) is 21.5 Å². The second-order valence-corrected chi connectivity index (χ2v) is 3.51. The zero-order valence-corrected chi connectivity index (χ0v) is 8.32. The summed E-state index contributed by atoms with van der Waals surface area (Å²) in [6.45, 7) is 0. The van der Waals surface area contributed by atoms with Gasteiger partial charge in [-0.05, 0) is 28.1 Å². The molecule has 0 aliphatic rings. The first-order valence-electron chi connectivity index (χ1n) is 2.93. The molecule has 72 valence electrons. The van der Waals surface area contributed by atoms with E-state index >= 15 is 0 Å². The van der Waals surface area contributed by atoms with Crippen molar-refractivity contribution in [3.8, 4) is 0 Å². The highest BCUT2D eigenvalue weighted by atomic mass is 79.9. The topological polar surface area (TPSA) is 41.5 Å². The fourth-order valence-electron chi connectivity index (χ4n) is 0.619. The van der Waals surface area contributed by atoms with Crippen LogP contribution >= 0.6 is 28.0 Å². The lowest BCUT2D eigenvalue weighted by molar-refractivity contribution is -0.777. The van der Waals surface area contributed by atoms with Crippen LogP contribution < -0.4 is 5.26 Å². The summed E-state index contributed by atoms with van der Waals surface area (Å²) in [6, 6.07) is 1.80. The molecule has 1 aromatic rings. The molecule has 0 unspecified atom stereocenters. The molecule has 0 aliphatic carbocycles. The Kier molecular flexibility index (Phi) is 4.07. The molecule has 0 saturated heterocycles. The van der Waals surface area contributed by atoms with Crippen molar-refractivity contribution in [1.82, 2.24) is 0 Å². The van der Waals surface area contributed by atoms with E-state index in [1.807, 2.05) is 0 Å². The molecule has 1 aromatic carbocycles. The number of hydrogen-bond acceptors (Lipinski definition) is 4. The summed E-state index contributed by atoms with van der Waals surface area (Å²) in [5, 5.41) is 12.4. The highest BCUT2D eigenvalue weighted by Crippen LogP contribution is 2.27. The van der Waals surface area contributed by atoms with Crippen LogP contribution in [0.3, 0.4) is 0 Å². The molecule has 0 amide bonds. The van der Waals surface area contributed by atoms with Crippen LogP contribution in [-0.2, 0) is 9.37 Å². The Bertz CT molecular complexity index is 310. The van der Waals surface area contributed by atoms with Crippen LogP contribution in [0.25, 0.3) is 0 Å². The zero-order valence-electron chi connectivity index (χ0n) is 5.92. The third-order valence-corrected chi connectivity index (χ3v) is 2.35. The average molecular weight is 272 g/mol. The molecule has 7 heteroatoms. The van der Waals surface area contributed by atoms with Gasteiger partial charge in [-0.15, -0.1) is 0 Å². The third kappa shape index (κ3) is 2.89. The van der Waals surface area contributed by atoms with E-state index in [1.165, 1.54) is 0 Å². The summed E-state index contributed by atoms with van der Waals surface area (Å²) in [5.41, 5.74) is 0. The van der Waals surface area contributed by atoms with Crippen molar-refractivity contribution < 1.29 is 23.4 Å². The summed E-state index contributed by atoms with van der Waals surface area (Å²) >= 11 is 3.09. The van der Waals surface area contributed by atoms with Crippen molar-refractivity contribution in [3.63, 3.8) is 0 Å². The standard InChI is InChI=1S/C6H3BrF2O3S/c7-3-1-5(9)6(2-4(3)8)13-12-11-10/h1-2,10H/p-1. The second kappa shape index (κ2) is 4.87. The van der Waals surface area contributed by atoms with Crippen molar-refractivity contribution in [2.24, 2.45) is 0 Å². The minimum absolute atomic E-state index is 0.00241. The van der Waals surface area contributed by atoms with E-state index in [2.05, 4.69) is 25.3 Å². The van der Waals surface area contributed by atoms with Gasteiger partial charge < -0.3 is 5.26 Å². The normalized spacial score (nSPS) is 10.5. The van der Waals surface area contributed by atoms with Gasteiger partial charge in [-0.1, -0.05) is 0 Å². The van der Waals surface area contributed by atoms with Crippen molar-refractivity contribution in [3.05, 3.63) is 28.2 Å². The Labute approximate surface area is 84.8 Å². The van der Waals surface area contributed by atoms with Crippen LogP contribution in [0.1, 0.15) is 0 Å². The molecule has 1 rings (SSSR count). The van der Waals surface area contributed by atoms with E-state index in [9.17, 15) is 14.0 Å². The van der Waals surface area contributed by atoms with Crippen LogP contribution in [0, 0.1) is 11.6 Å². The minimum Gasteiger partial charge on any atom is -0.691 e. The van der Waals surface area contributed by atoms with Crippen LogP contribution in [-0.4, -0.2) is 0 Å². The molecule has 0 heterocycles. The summed E-state index contributed by atoms with van der Waals surface area (Å²) in [5.74, 6) is -1.37. The van der Waals surface area contributed by atoms with Gasteiger partial charge in [-0.25, -0.2) is 8.78 Å². The third-order valence-electron chi connectivity index (χ3n) is 1.13. The lowest BCUT2D eigenvalue weighted by atomic mass is 10.3. The average Bonchev–Trinajstić information content (AvgIpc) is 2.09. The van der Waals surface area contributed by atoms with Gasteiger partial charge in [0.1, 0.15) is 11.6 Å². The lowest BCUT2D eigenvalue weighted by Crippen LogP contribution is -2.01. The Morgan fingerprint density at radius 3 is 2.62 bits per heavy atom. The number of rotatable bonds is 3. The van der Waals surface area contributed by atoms with E-state index in [-0.39, 0.29) is 9.37 Å². The Hall–Kier alpha value is -0.210. The van der Waals surface area contributed by atoms with Crippen LogP contribution in [0.4, 0.5) is 8.78 Å². The first-order chi connectivity index (χ1) is 6.15. The molecule has 3 nitrogen and oxygen atoms in total. The van der Waals surface area contributed by atoms with Gasteiger partial charge in [0, 0.05) is 0 Å². The first-order valence-corrected chi connectivity index (χ1v) is 4.46. The van der Waals surface area contributed by atoms with E-state index < -0.39 is 11.6 Å². The maximum Gasteiger partial charge on any atom is 0.140 e. The molecule has 0 radical (unpaired) electrons. The highest BCUT2D eigenvalue weighted by Gasteiger charge is 2.09. The maximum atomic E-state index is 12.9. The molecule has 0 atom stereocenters. The Morgan fingerprint density at radius 1 is 1.31 bits per heavy atom. The smallest absolute Gasteiger partial charge is 0.140 e. The van der Waals surface area contributed by atoms with Crippen molar-refractivity contribution in [1.29, 1.82) is 0 Å². The van der Waals surface area contributed by atoms with Gasteiger partial charge in [0.2, 0.25) is 0 Å². The molecule has 13 heavy (non-hydrogen) atoms. The molecule has 0 spiro atoms. The second-order valence-electron chi connectivity index (χ2n) is 1.92. The van der Waals surface area contributed by atoms with Gasteiger partial charge in [0.05, 0.1) is 21.4 Å². The molecule has 0 bridgehead atoms. The quantitative estimate of drug-likeness (QED) is 0.365. The van der Waals surface area contributed by atoms with E-state index in [4.69, 9.17) is 0 Å². The van der Waals surface area contributed by atoms with Crippen LogP contribution in [0.2, 0.25) is 0 Å². The number of benzene rings is 1. The lowest BCUT2D eigenvalue weighted by Gasteiger charge is -2.05. The Balaban J connectivity index is 2.88. The van der Waals surface area contributed by atoms with Gasteiger partial charge in [-0.3, -0.25) is 5.04 Å². The number of halogens is 3. The van der Waals surface area contributed by atoms with Gasteiger partial charge in [0.25, 0.3) is 0 Å². The van der Waals surface area contributed by atoms with Crippen LogP contribution in [0.5, 0.6) is 0 Å². The molecule has 0 aliphatic heterocycles. The molecule has 0 N–H and O–H groups in total. The summed E-state index contributed by atoms with van der Waals surface area (Å²) < 4.78 is 29.5. The van der Waals surface area contributed by atoms with Crippen molar-refractivity contribution >= 4 is 28.0 Å².